The Bertz CT molecular complexity index is 840. The van der Waals surface area contributed by atoms with Crippen LogP contribution >= 0.6 is 0 Å². The van der Waals surface area contributed by atoms with Gasteiger partial charge in [0.05, 0.1) is 24.8 Å². The third kappa shape index (κ3) is 1.81. The summed E-state index contributed by atoms with van der Waals surface area (Å²) in [6.45, 7) is 6.42. The summed E-state index contributed by atoms with van der Waals surface area (Å²) < 4.78 is 1.66. The Morgan fingerprint density at radius 1 is 1.17 bits per heavy atom. The molecule has 1 fully saturated rings. The van der Waals surface area contributed by atoms with Crippen LogP contribution in [0, 0.1) is 5.41 Å². The number of aliphatic hydroxyl groups excluding tert-OH is 1. The van der Waals surface area contributed by atoms with E-state index in [1.807, 2.05) is 6.92 Å². The molecule has 0 amide bonds. The van der Waals surface area contributed by atoms with Crippen LogP contribution in [-0.2, 0) is 5.54 Å². The largest absolute Gasteiger partial charge is 0.396 e. The number of rotatable bonds is 2. The maximum Gasteiger partial charge on any atom is 0.278 e. The molecule has 0 aliphatic heterocycles. The molecule has 4 N–H and O–H groups in total. The summed E-state index contributed by atoms with van der Waals surface area (Å²) in [5.74, 6) is 0. The zero-order chi connectivity index (χ0) is 18.0. The Kier molecular flexibility index (Phi) is 3.46. The number of aliphatic hydroxyl groups is 3. The molecule has 4 unspecified atom stereocenters. The van der Waals surface area contributed by atoms with Crippen LogP contribution in [-0.4, -0.2) is 52.6 Å². The number of nitrogens with zero attached hydrogens (tertiary/aromatic N) is 3. The van der Waals surface area contributed by atoms with E-state index >= 15 is 0 Å². The molecule has 1 aliphatic rings. The topological polar surface area (TPSA) is 124 Å². The summed E-state index contributed by atoms with van der Waals surface area (Å²) in [6.07, 6.45) is 3.73. The first-order chi connectivity index (χ1) is 11.0. The van der Waals surface area contributed by atoms with Crippen LogP contribution in [0.25, 0.3) is 11.2 Å². The Balaban J connectivity index is 2.23. The van der Waals surface area contributed by atoms with Crippen molar-refractivity contribution in [1.82, 2.24) is 19.5 Å². The fraction of sp³-hybridized carbons (Fsp3) is 0.688. The molecule has 2 heterocycles. The number of aromatic nitrogens is 4. The van der Waals surface area contributed by atoms with E-state index in [0.717, 1.165) is 0 Å². The lowest BCUT2D eigenvalue weighted by molar-refractivity contribution is -0.269. The Morgan fingerprint density at radius 3 is 2.46 bits per heavy atom. The first-order valence-electron chi connectivity index (χ1n) is 7.99. The van der Waals surface area contributed by atoms with Crippen LogP contribution in [0.1, 0.15) is 40.5 Å². The van der Waals surface area contributed by atoms with Gasteiger partial charge in [-0.2, -0.15) is 0 Å². The molecule has 8 heteroatoms. The van der Waals surface area contributed by atoms with Gasteiger partial charge in [0.1, 0.15) is 11.2 Å². The van der Waals surface area contributed by atoms with Crippen molar-refractivity contribution in [2.45, 2.75) is 57.3 Å². The minimum Gasteiger partial charge on any atom is -0.396 e. The SMILES string of the molecule is CC1(CO)CCC(C)(n2cnc3c(=O)[nH]cnc32)C(C)(O)C1(C)O. The number of H-pyrrole nitrogens is 1. The number of hydrogen-bond acceptors (Lipinski definition) is 6. The molecule has 0 bridgehead atoms. The van der Waals surface area contributed by atoms with Gasteiger partial charge in [0.2, 0.25) is 0 Å². The molecule has 3 rings (SSSR count). The number of nitrogens with one attached hydrogen (secondary N) is 1. The van der Waals surface area contributed by atoms with Gasteiger partial charge in [0.15, 0.2) is 11.2 Å². The van der Waals surface area contributed by atoms with Crippen LogP contribution in [0.2, 0.25) is 0 Å². The van der Waals surface area contributed by atoms with E-state index in [1.165, 1.54) is 12.7 Å². The molecule has 2 aromatic rings. The molecule has 132 valence electrons. The molecule has 24 heavy (non-hydrogen) atoms. The van der Waals surface area contributed by atoms with Crippen molar-refractivity contribution in [3.63, 3.8) is 0 Å². The van der Waals surface area contributed by atoms with Crippen LogP contribution in [0.3, 0.4) is 0 Å². The smallest absolute Gasteiger partial charge is 0.278 e. The molecule has 0 saturated heterocycles. The summed E-state index contributed by atoms with van der Waals surface area (Å²) in [6, 6.07) is 0. The first kappa shape index (κ1) is 17.1. The predicted octanol–water partition coefficient (Wildman–Crippen LogP) is 0.129. The number of aromatic amines is 1. The van der Waals surface area contributed by atoms with Gasteiger partial charge in [-0.05, 0) is 33.6 Å². The normalized spacial score (nSPS) is 40.1. The van der Waals surface area contributed by atoms with Crippen LogP contribution < -0.4 is 5.56 Å². The third-order valence-electron chi connectivity index (χ3n) is 6.56. The lowest BCUT2D eigenvalue weighted by Crippen LogP contribution is -2.73. The second kappa shape index (κ2) is 4.87. The zero-order valence-electron chi connectivity index (χ0n) is 14.4. The lowest BCUT2D eigenvalue weighted by Gasteiger charge is -2.61. The number of fused-ring (bicyclic) bond motifs is 1. The average molecular weight is 336 g/mol. The van der Waals surface area contributed by atoms with Crippen molar-refractivity contribution in [3.8, 4) is 0 Å². The highest BCUT2D eigenvalue weighted by atomic mass is 16.4. The van der Waals surface area contributed by atoms with E-state index in [0.29, 0.717) is 18.5 Å². The van der Waals surface area contributed by atoms with Crippen LogP contribution in [0.4, 0.5) is 0 Å². The van der Waals surface area contributed by atoms with E-state index in [9.17, 15) is 20.1 Å². The van der Waals surface area contributed by atoms with Gasteiger partial charge >= 0.3 is 0 Å². The summed E-state index contributed by atoms with van der Waals surface area (Å²) in [5.41, 5.74) is -4.80. The van der Waals surface area contributed by atoms with Crippen molar-refractivity contribution in [2.75, 3.05) is 6.61 Å². The molecule has 4 atom stereocenters. The van der Waals surface area contributed by atoms with E-state index in [4.69, 9.17) is 0 Å². The van der Waals surface area contributed by atoms with E-state index < -0.39 is 22.2 Å². The van der Waals surface area contributed by atoms with Crippen LogP contribution in [0.15, 0.2) is 17.4 Å². The van der Waals surface area contributed by atoms with Crippen molar-refractivity contribution >= 4 is 11.2 Å². The van der Waals surface area contributed by atoms with Crippen molar-refractivity contribution in [1.29, 1.82) is 0 Å². The average Bonchev–Trinajstić information content (AvgIpc) is 2.96. The summed E-state index contributed by atoms with van der Waals surface area (Å²) in [4.78, 5) is 22.7. The Morgan fingerprint density at radius 2 is 1.83 bits per heavy atom. The second-order valence-corrected chi connectivity index (χ2v) is 7.66. The molecule has 0 spiro atoms. The summed E-state index contributed by atoms with van der Waals surface area (Å²) >= 11 is 0. The van der Waals surface area contributed by atoms with Gasteiger partial charge < -0.3 is 24.9 Å². The van der Waals surface area contributed by atoms with Crippen molar-refractivity contribution in [3.05, 3.63) is 23.0 Å². The van der Waals surface area contributed by atoms with Gasteiger partial charge in [-0.3, -0.25) is 4.79 Å². The standard InChI is InChI=1S/C16H24N4O4/c1-13(7-21)5-6-14(2,16(4,24)15(13,3)23)20-9-19-10-11(20)17-8-18-12(10)22/h8-9,21,23-24H,5-7H2,1-4H3,(H,17,18,22). The lowest BCUT2D eigenvalue weighted by atomic mass is 9.52. The molecular formula is C16H24N4O4. The summed E-state index contributed by atoms with van der Waals surface area (Å²) in [7, 11) is 0. The molecule has 0 radical (unpaired) electrons. The van der Waals surface area contributed by atoms with Gasteiger partial charge in [0, 0.05) is 5.41 Å². The number of hydrogen-bond donors (Lipinski definition) is 4. The molecule has 1 aliphatic carbocycles. The Labute approximate surface area is 139 Å². The Hall–Kier alpha value is -1.77. The van der Waals surface area contributed by atoms with E-state index in [2.05, 4.69) is 15.0 Å². The fourth-order valence-corrected chi connectivity index (χ4v) is 3.91. The first-order valence-corrected chi connectivity index (χ1v) is 7.99. The maximum atomic E-state index is 11.9. The van der Waals surface area contributed by atoms with Gasteiger partial charge in [-0.15, -0.1) is 0 Å². The molecule has 1 saturated carbocycles. The van der Waals surface area contributed by atoms with Crippen LogP contribution in [0.5, 0.6) is 0 Å². The minimum absolute atomic E-state index is 0.185. The molecule has 0 aromatic carbocycles. The third-order valence-corrected chi connectivity index (χ3v) is 6.56. The highest BCUT2D eigenvalue weighted by molar-refractivity contribution is 5.69. The summed E-state index contributed by atoms with van der Waals surface area (Å²) in [5, 5.41) is 32.3. The van der Waals surface area contributed by atoms with E-state index in [1.54, 1.807) is 25.3 Å². The fourth-order valence-electron chi connectivity index (χ4n) is 3.91. The van der Waals surface area contributed by atoms with Crippen molar-refractivity contribution in [2.24, 2.45) is 5.41 Å². The maximum absolute atomic E-state index is 11.9. The molecular weight excluding hydrogens is 312 g/mol. The number of imidazole rings is 1. The van der Waals surface area contributed by atoms with Gasteiger partial charge in [-0.1, -0.05) is 6.92 Å². The quantitative estimate of drug-likeness (QED) is 0.618. The minimum atomic E-state index is -1.60. The van der Waals surface area contributed by atoms with Gasteiger partial charge in [0.25, 0.3) is 5.56 Å². The molecule has 2 aromatic heterocycles. The molecule has 8 nitrogen and oxygen atoms in total. The highest BCUT2D eigenvalue weighted by Crippen LogP contribution is 2.56. The van der Waals surface area contributed by atoms with E-state index in [-0.39, 0.29) is 17.7 Å². The van der Waals surface area contributed by atoms with Gasteiger partial charge in [-0.25, -0.2) is 9.97 Å². The highest BCUT2D eigenvalue weighted by Gasteiger charge is 2.66. The second-order valence-electron chi connectivity index (χ2n) is 7.66. The van der Waals surface area contributed by atoms with Crippen molar-refractivity contribution < 1.29 is 15.3 Å². The predicted molar refractivity (Wildman–Crippen MR) is 87.5 cm³/mol. The zero-order valence-corrected chi connectivity index (χ0v) is 14.4. The monoisotopic (exact) mass is 336 g/mol.